The number of methoxy groups -OCH3 is 1. The Morgan fingerprint density at radius 1 is 0.941 bits per heavy atom. The van der Waals surface area contributed by atoms with Crippen LogP contribution < -0.4 is 4.74 Å². The van der Waals surface area contributed by atoms with Crippen molar-refractivity contribution in [3.63, 3.8) is 0 Å². The highest BCUT2D eigenvalue weighted by molar-refractivity contribution is 6.30. The molecule has 0 saturated carbocycles. The van der Waals surface area contributed by atoms with Gasteiger partial charge in [0.2, 0.25) is 0 Å². The molecule has 0 aromatic heterocycles. The van der Waals surface area contributed by atoms with Gasteiger partial charge in [-0.25, -0.2) is 0 Å². The maximum absolute atomic E-state index is 13.6. The van der Waals surface area contributed by atoms with E-state index in [-0.39, 0.29) is 11.9 Å². The standard InChI is InChI=1S/C29H33ClN2O2/c1-34-28-9-5-8-25(22-28)29(33)32(21-15-23-6-3-2-4-7-23)27-16-19-31(20-17-27)18-14-24-10-12-26(30)13-11-24/h2-13,22,27H,14-21H2,1H3. The Kier molecular flexibility index (Phi) is 8.62. The van der Waals surface area contributed by atoms with E-state index >= 15 is 0 Å². The summed E-state index contributed by atoms with van der Waals surface area (Å²) in [5, 5.41) is 0.779. The Morgan fingerprint density at radius 3 is 2.35 bits per heavy atom. The molecular weight excluding hydrogens is 444 g/mol. The van der Waals surface area contributed by atoms with Crippen LogP contribution in [-0.4, -0.2) is 55.0 Å². The second kappa shape index (κ2) is 12.0. The number of carbonyl (C=O) groups excluding carboxylic acids is 1. The summed E-state index contributed by atoms with van der Waals surface area (Å²) in [6.07, 6.45) is 3.85. The van der Waals surface area contributed by atoms with Gasteiger partial charge in [-0.1, -0.05) is 60.1 Å². The highest BCUT2D eigenvalue weighted by Gasteiger charge is 2.28. The van der Waals surface area contributed by atoms with Crippen LogP contribution in [0.15, 0.2) is 78.9 Å². The van der Waals surface area contributed by atoms with Gasteiger partial charge in [0.1, 0.15) is 5.75 Å². The largest absolute Gasteiger partial charge is 0.497 e. The molecule has 0 radical (unpaired) electrons. The number of benzene rings is 3. The van der Waals surface area contributed by atoms with Crippen molar-refractivity contribution in [1.29, 1.82) is 0 Å². The highest BCUT2D eigenvalue weighted by atomic mass is 35.5. The lowest BCUT2D eigenvalue weighted by Crippen LogP contribution is -2.48. The van der Waals surface area contributed by atoms with Crippen LogP contribution in [0.4, 0.5) is 0 Å². The number of hydrogen-bond donors (Lipinski definition) is 0. The monoisotopic (exact) mass is 476 g/mol. The van der Waals surface area contributed by atoms with Crippen LogP contribution >= 0.6 is 11.6 Å². The molecule has 0 aliphatic carbocycles. The van der Waals surface area contributed by atoms with Gasteiger partial charge in [0.25, 0.3) is 5.91 Å². The molecule has 0 atom stereocenters. The molecule has 0 unspecified atom stereocenters. The van der Waals surface area contributed by atoms with E-state index in [9.17, 15) is 4.79 Å². The number of rotatable bonds is 9. The van der Waals surface area contributed by atoms with Crippen LogP contribution in [0.25, 0.3) is 0 Å². The van der Waals surface area contributed by atoms with Crippen LogP contribution in [0.1, 0.15) is 34.3 Å². The number of likely N-dealkylation sites (tertiary alicyclic amines) is 1. The lowest BCUT2D eigenvalue weighted by molar-refractivity contribution is 0.0576. The van der Waals surface area contributed by atoms with Crippen molar-refractivity contribution >= 4 is 17.5 Å². The molecule has 1 amide bonds. The molecule has 3 aromatic carbocycles. The zero-order valence-corrected chi connectivity index (χ0v) is 20.6. The molecule has 5 heteroatoms. The van der Waals surface area contributed by atoms with E-state index in [0.717, 1.165) is 56.9 Å². The van der Waals surface area contributed by atoms with Gasteiger partial charge in [0.15, 0.2) is 0 Å². The van der Waals surface area contributed by atoms with Crippen LogP contribution in [0.2, 0.25) is 5.02 Å². The maximum Gasteiger partial charge on any atom is 0.254 e. The highest BCUT2D eigenvalue weighted by Crippen LogP contribution is 2.22. The van der Waals surface area contributed by atoms with Crippen molar-refractivity contribution < 1.29 is 9.53 Å². The summed E-state index contributed by atoms with van der Waals surface area (Å²) in [6.45, 7) is 3.76. The number of amides is 1. The summed E-state index contributed by atoms with van der Waals surface area (Å²) in [7, 11) is 1.64. The molecule has 4 nitrogen and oxygen atoms in total. The SMILES string of the molecule is COc1cccc(C(=O)N(CCc2ccccc2)C2CCN(CCc3ccc(Cl)cc3)CC2)c1. The first kappa shape index (κ1) is 24.3. The summed E-state index contributed by atoms with van der Waals surface area (Å²) in [4.78, 5) is 18.2. The molecule has 1 fully saturated rings. The predicted octanol–water partition coefficient (Wildman–Crippen LogP) is 5.74. The minimum Gasteiger partial charge on any atom is -0.497 e. The van der Waals surface area contributed by atoms with Crippen molar-refractivity contribution in [2.75, 3.05) is 33.3 Å². The van der Waals surface area contributed by atoms with Crippen molar-refractivity contribution in [3.05, 3.63) is 101 Å². The molecule has 1 saturated heterocycles. The summed E-state index contributed by atoms with van der Waals surface area (Å²) >= 11 is 6.01. The van der Waals surface area contributed by atoms with Crippen LogP contribution in [-0.2, 0) is 12.8 Å². The van der Waals surface area contributed by atoms with E-state index < -0.39 is 0 Å². The molecular formula is C29H33ClN2O2. The van der Waals surface area contributed by atoms with Crippen LogP contribution in [0.5, 0.6) is 5.75 Å². The van der Waals surface area contributed by atoms with Crippen LogP contribution in [0.3, 0.4) is 0 Å². The first-order valence-electron chi connectivity index (χ1n) is 12.1. The van der Waals surface area contributed by atoms with Gasteiger partial charge >= 0.3 is 0 Å². The van der Waals surface area contributed by atoms with Gasteiger partial charge in [-0.15, -0.1) is 0 Å². The maximum atomic E-state index is 13.6. The number of piperidine rings is 1. The first-order chi connectivity index (χ1) is 16.6. The van der Waals surface area contributed by atoms with Crippen molar-refractivity contribution in [2.45, 2.75) is 31.7 Å². The third-order valence-electron chi connectivity index (χ3n) is 6.69. The molecule has 0 N–H and O–H groups in total. The minimum atomic E-state index is 0.0921. The number of nitrogens with zero attached hydrogens (tertiary/aromatic N) is 2. The Balaban J connectivity index is 1.40. The number of halogens is 1. The van der Waals surface area contributed by atoms with Gasteiger partial charge in [-0.3, -0.25) is 4.79 Å². The molecule has 0 bridgehead atoms. The van der Waals surface area contributed by atoms with Gasteiger partial charge in [-0.2, -0.15) is 0 Å². The topological polar surface area (TPSA) is 32.8 Å². The van der Waals surface area contributed by atoms with E-state index in [4.69, 9.17) is 16.3 Å². The second-order valence-corrected chi connectivity index (χ2v) is 9.35. The smallest absolute Gasteiger partial charge is 0.254 e. The van der Waals surface area contributed by atoms with Crippen molar-refractivity contribution in [1.82, 2.24) is 9.80 Å². The predicted molar refractivity (Wildman–Crippen MR) is 139 cm³/mol. The molecule has 1 aliphatic heterocycles. The normalized spacial score (nSPS) is 14.6. The van der Waals surface area contributed by atoms with Gasteiger partial charge in [-0.05, 0) is 67.1 Å². The summed E-state index contributed by atoms with van der Waals surface area (Å²) in [5.41, 5.74) is 3.26. The number of carbonyl (C=O) groups is 1. The Bertz CT molecular complexity index is 1050. The lowest BCUT2D eigenvalue weighted by Gasteiger charge is -2.39. The van der Waals surface area contributed by atoms with Gasteiger partial charge < -0.3 is 14.5 Å². The average molecular weight is 477 g/mol. The summed E-state index contributed by atoms with van der Waals surface area (Å²) < 4.78 is 5.36. The number of hydrogen-bond acceptors (Lipinski definition) is 3. The zero-order valence-electron chi connectivity index (χ0n) is 19.8. The molecule has 34 heavy (non-hydrogen) atoms. The van der Waals surface area contributed by atoms with E-state index in [1.54, 1.807) is 7.11 Å². The average Bonchev–Trinajstić information content (AvgIpc) is 2.89. The Morgan fingerprint density at radius 2 is 1.65 bits per heavy atom. The van der Waals surface area contributed by atoms with E-state index in [0.29, 0.717) is 11.3 Å². The fourth-order valence-corrected chi connectivity index (χ4v) is 4.78. The van der Waals surface area contributed by atoms with Crippen molar-refractivity contribution in [3.8, 4) is 5.75 Å². The molecule has 178 valence electrons. The van der Waals surface area contributed by atoms with Crippen LogP contribution in [0, 0.1) is 0 Å². The van der Waals surface area contributed by atoms with Crippen molar-refractivity contribution in [2.24, 2.45) is 0 Å². The number of ether oxygens (including phenoxy) is 1. The van der Waals surface area contributed by atoms with E-state index in [2.05, 4.69) is 46.2 Å². The fourth-order valence-electron chi connectivity index (χ4n) is 4.66. The molecule has 1 heterocycles. The molecule has 4 rings (SSSR count). The molecule has 3 aromatic rings. The second-order valence-electron chi connectivity index (χ2n) is 8.92. The minimum absolute atomic E-state index is 0.0921. The first-order valence-corrected chi connectivity index (χ1v) is 12.5. The molecule has 0 spiro atoms. The lowest BCUT2D eigenvalue weighted by atomic mass is 10.00. The third-order valence-corrected chi connectivity index (χ3v) is 6.94. The van der Waals surface area contributed by atoms with E-state index in [1.807, 2.05) is 42.5 Å². The van der Waals surface area contributed by atoms with Gasteiger partial charge in [0.05, 0.1) is 7.11 Å². The fraction of sp³-hybridized carbons (Fsp3) is 0.345. The zero-order chi connectivity index (χ0) is 23.8. The Labute approximate surface area is 208 Å². The summed E-state index contributed by atoms with van der Waals surface area (Å²) in [6, 6.07) is 26.3. The Hall–Kier alpha value is -2.82. The molecule has 1 aliphatic rings. The summed E-state index contributed by atoms with van der Waals surface area (Å²) in [5.74, 6) is 0.806. The third kappa shape index (κ3) is 6.62. The quantitative estimate of drug-likeness (QED) is 0.394. The van der Waals surface area contributed by atoms with Gasteiger partial charge in [0, 0.05) is 42.8 Å². The van der Waals surface area contributed by atoms with E-state index in [1.165, 1.54) is 11.1 Å².